The van der Waals surface area contributed by atoms with E-state index in [1.54, 1.807) is 22.7 Å². The molecule has 0 saturated carbocycles. The molecule has 0 amide bonds. The van der Waals surface area contributed by atoms with E-state index in [1.165, 1.54) is 4.70 Å². The first-order valence-electron chi connectivity index (χ1n) is 7.00. The first-order valence-corrected chi connectivity index (χ1v) is 8.76. The Morgan fingerprint density at radius 2 is 2.14 bits per heavy atom. The van der Waals surface area contributed by atoms with E-state index < -0.39 is 6.10 Å². The van der Waals surface area contributed by atoms with Crippen molar-refractivity contribution >= 4 is 32.9 Å². The molecule has 3 nitrogen and oxygen atoms in total. The summed E-state index contributed by atoms with van der Waals surface area (Å²) in [5, 5.41) is 18.6. The predicted molar refractivity (Wildman–Crippen MR) is 90.1 cm³/mol. The maximum atomic E-state index is 10.1. The molecule has 0 aliphatic heterocycles. The van der Waals surface area contributed by atoms with Crippen molar-refractivity contribution in [2.24, 2.45) is 0 Å². The van der Waals surface area contributed by atoms with Gasteiger partial charge in [-0.2, -0.15) is 11.3 Å². The van der Waals surface area contributed by atoms with Crippen LogP contribution in [0.4, 0.5) is 0 Å². The molecule has 0 aliphatic rings. The highest BCUT2D eigenvalue weighted by atomic mass is 32.1. The highest BCUT2D eigenvalue weighted by Gasteiger charge is 2.12. The summed E-state index contributed by atoms with van der Waals surface area (Å²) in [6, 6.07) is 10.5. The van der Waals surface area contributed by atoms with Crippen LogP contribution in [0.5, 0.6) is 0 Å². The predicted octanol–water partition coefficient (Wildman–Crippen LogP) is 3.61. The van der Waals surface area contributed by atoms with Crippen molar-refractivity contribution < 1.29 is 5.11 Å². The highest BCUT2D eigenvalue weighted by Crippen LogP contribution is 2.22. The van der Waals surface area contributed by atoms with Crippen molar-refractivity contribution in [2.75, 3.05) is 6.54 Å². The molecule has 2 aromatic heterocycles. The minimum Gasteiger partial charge on any atom is -0.387 e. The van der Waals surface area contributed by atoms with Crippen molar-refractivity contribution in [1.82, 2.24) is 10.3 Å². The summed E-state index contributed by atoms with van der Waals surface area (Å²) >= 11 is 3.36. The van der Waals surface area contributed by atoms with Gasteiger partial charge in [0.25, 0.3) is 0 Å². The average molecular weight is 318 g/mol. The van der Waals surface area contributed by atoms with Crippen LogP contribution in [0.25, 0.3) is 10.2 Å². The van der Waals surface area contributed by atoms with E-state index in [0.29, 0.717) is 12.6 Å². The smallest absolute Gasteiger partial charge is 0.0954 e. The first kappa shape index (κ1) is 14.7. The second-order valence-electron chi connectivity index (χ2n) is 5.16. The topological polar surface area (TPSA) is 45.2 Å². The van der Waals surface area contributed by atoms with Gasteiger partial charge in [-0.05, 0) is 41.4 Å². The third kappa shape index (κ3) is 3.68. The largest absolute Gasteiger partial charge is 0.387 e. The molecule has 0 aliphatic carbocycles. The molecule has 0 fully saturated rings. The van der Waals surface area contributed by atoms with Gasteiger partial charge in [0.05, 0.1) is 21.3 Å². The van der Waals surface area contributed by atoms with Crippen LogP contribution in [0.15, 0.2) is 41.1 Å². The van der Waals surface area contributed by atoms with Crippen molar-refractivity contribution in [2.45, 2.75) is 25.5 Å². The van der Waals surface area contributed by atoms with E-state index in [1.807, 2.05) is 35.0 Å². The second-order valence-corrected chi connectivity index (χ2v) is 7.06. The van der Waals surface area contributed by atoms with Gasteiger partial charge >= 0.3 is 0 Å². The summed E-state index contributed by atoms with van der Waals surface area (Å²) in [6.45, 7) is 2.70. The van der Waals surface area contributed by atoms with E-state index in [9.17, 15) is 5.11 Å². The Labute approximate surface area is 132 Å². The van der Waals surface area contributed by atoms with Crippen molar-refractivity contribution in [1.29, 1.82) is 0 Å². The maximum absolute atomic E-state index is 10.1. The molecule has 110 valence electrons. The number of benzene rings is 1. The average Bonchev–Trinajstić information content (AvgIpc) is 3.13. The van der Waals surface area contributed by atoms with Crippen molar-refractivity contribution in [3.8, 4) is 0 Å². The van der Waals surface area contributed by atoms with Gasteiger partial charge in [0.1, 0.15) is 0 Å². The zero-order chi connectivity index (χ0) is 14.7. The Hall–Kier alpha value is -1.27. The number of para-hydroxylation sites is 1. The van der Waals surface area contributed by atoms with E-state index in [2.05, 4.69) is 23.3 Å². The van der Waals surface area contributed by atoms with Gasteiger partial charge in [0, 0.05) is 19.0 Å². The van der Waals surface area contributed by atoms with Gasteiger partial charge < -0.3 is 10.4 Å². The quantitative estimate of drug-likeness (QED) is 0.730. The van der Waals surface area contributed by atoms with Crippen LogP contribution >= 0.6 is 22.7 Å². The molecule has 5 heteroatoms. The zero-order valence-corrected chi connectivity index (χ0v) is 13.5. The monoisotopic (exact) mass is 318 g/mol. The Balaban J connectivity index is 1.55. The zero-order valence-electron chi connectivity index (χ0n) is 11.8. The molecule has 21 heavy (non-hydrogen) atoms. The Morgan fingerprint density at radius 1 is 1.29 bits per heavy atom. The SMILES string of the molecule is CC(Cc1nc2ccccc2s1)NCC(O)c1ccsc1. The third-order valence-corrected chi connectivity index (χ3v) is 5.17. The Kier molecular flexibility index (Phi) is 4.65. The number of hydrogen-bond donors (Lipinski definition) is 2. The minimum atomic E-state index is -0.436. The number of thiazole rings is 1. The number of aromatic nitrogens is 1. The molecular formula is C16H18N2OS2. The van der Waals surface area contributed by atoms with E-state index in [4.69, 9.17) is 0 Å². The molecule has 2 heterocycles. The summed E-state index contributed by atoms with van der Waals surface area (Å²) in [5.41, 5.74) is 2.06. The number of aliphatic hydroxyl groups excluding tert-OH is 1. The first-order chi connectivity index (χ1) is 10.2. The highest BCUT2D eigenvalue weighted by molar-refractivity contribution is 7.18. The van der Waals surface area contributed by atoms with Gasteiger partial charge in [-0.25, -0.2) is 4.98 Å². The third-order valence-electron chi connectivity index (χ3n) is 3.41. The molecule has 2 atom stereocenters. The van der Waals surface area contributed by atoms with Crippen LogP contribution in [-0.2, 0) is 6.42 Å². The summed E-state index contributed by atoms with van der Waals surface area (Å²) in [6.07, 6.45) is 0.449. The summed E-state index contributed by atoms with van der Waals surface area (Å²) in [4.78, 5) is 4.65. The number of aliphatic hydroxyl groups is 1. The fourth-order valence-corrected chi connectivity index (χ4v) is 4.04. The summed E-state index contributed by atoms with van der Waals surface area (Å²) in [5.74, 6) is 0. The molecule has 0 saturated heterocycles. The number of thiophene rings is 1. The number of rotatable bonds is 6. The van der Waals surface area contributed by atoms with Crippen LogP contribution in [0, 0.1) is 0 Å². The molecular weight excluding hydrogens is 300 g/mol. The normalized spacial score (nSPS) is 14.4. The lowest BCUT2D eigenvalue weighted by atomic mass is 10.2. The summed E-state index contributed by atoms with van der Waals surface area (Å²) in [7, 11) is 0. The molecule has 1 aromatic carbocycles. The van der Waals surface area contributed by atoms with Gasteiger partial charge in [-0.1, -0.05) is 12.1 Å². The van der Waals surface area contributed by atoms with Crippen LogP contribution in [-0.4, -0.2) is 22.7 Å². The molecule has 2 unspecified atom stereocenters. The summed E-state index contributed by atoms with van der Waals surface area (Å²) < 4.78 is 1.23. The van der Waals surface area contributed by atoms with E-state index in [0.717, 1.165) is 22.5 Å². The molecule has 0 bridgehead atoms. The van der Waals surface area contributed by atoms with Crippen LogP contribution in [0.3, 0.4) is 0 Å². The Morgan fingerprint density at radius 3 is 2.90 bits per heavy atom. The maximum Gasteiger partial charge on any atom is 0.0954 e. The number of hydrogen-bond acceptors (Lipinski definition) is 5. The lowest BCUT2D eigenvalue weighted by Gasteiger charge is -2.15. The standard InChI is InChI=1S/C16H18N2OS2/c1-11(17-9-14(19)12-6-7-20-10-12)8-16-18-13-4-2-3-5-15(13)21-16/h2-7,10-11,14,17,19H,8-9H2,1H3. The second kappa shape index (κ2) is 6.66. The van der Waals surface area contributed by atoms with E-state index in [-0.39, 0.29) is 0 Å². The molecule has 0 radical (unpaired) electrons. The van der Waals surface area contributed by atoms with Crippen LogP contribution in [0.2, 0.25) is 0 Å². The fourth-order valence-electron chi connectivity index (χ4n) is 2.24. The molecule has 2 N–H and O–H groups in total. The number of fused-ring (bicyclic) bond motifs is 1. The van der Waals surface area contributed by atoms with Gasteiger partial charge in [0.2, 0.25) is 0 Å². The van der Waals surface area contributed by atoms with Crippen molar-refractivity contribution in [3.05, 3.63) is 51.7 Å². The van der Waals surface area contributed by atoms with Gasteiger partial charge in [0.15, 0.2) is 0 Å². The lowest BCUT2D eigenvalue weighted by molar-refractivity contribution is 0.171. The molecule has 3 rings (SSSR count). The van der Waals surface area contributed by atoms with Gasteiger partial charge in [-0.3, -0.25) is 0 Å². The van der Waals surface area contributed by atoms with Crippen molar-refractivity contribution in [3.63, 3.8) is 0 Å². The Bertz CT molecular complexity index is 660. The van der Waals surface area contributed by atoms with Crippen LogP contribution in [0.1, 0.15) is 23.6 Å². The van der Waals surface area contributed by atoms with E-state index >= 15 is 0 Å². The minimum absolute atomic E-state index is 0.291. The number of nitrogens with one attached hydrogen (secondary N) is 1. The van der Waals surface area contributed by atoms with Crippen LogP contribution < -0.4 is 5.32 Å². The molecule has 0 spiro atoms. The number of nitrogens with zero attached hydrogens (tertiary/aromatic N) is 1. The lowest BCUT2D eigenvalue weighted by Crippen LogP contribution is -2.31. The fraction of sp³-hybridized carbons (Fsp3) is 0.312. The van der Waals surface area contributed by atoms with Gasteiger partial charge in [-0.15, -0.1) is 11.3 Å². The molecule has 3 aromatic rings.